The van der Waals surface area contributed by atoms with Gasteiger partial charge in [0.2, 0.25) is 0 Å². The molecule has 0 unspecified atom stereocenters. The van der Waals surface area contributed by atoms with E-state index in [9.17, 15) is 0 Å². The number of nitrogens with two attached hydrogens (primary N) is 1. The fraction of sp³-hybridized carbons (Fsp3) is 0.643. The highest BCUT2D eigenvalue weighted by atomic mass is 15.0. The molecule has 1 aliphatic carbocycles. The van der Waals surface area contributed by atoms with E-state index in [1.54, 1.807) is 0 Å². The maximum absolute atomic E-state index is 5.64. The first-order valence-electron chi connectivity index (χ1n) is 6.70. The van der Waals surface area contributed by atoms with Gasteiger partial charge in [0, 0.05) is 6.54 Å². The maximum Gasteiger partial charge on any atom is 0.128 e. The van der Waals surface area contributed by atoms with Gasteiger partial charge in [-0.05, 0) is 30.4 Å². The molecule has 1 saturated carbocycles. The average molecular weight is 233 g/mol. The first-order valence-corrected chi connectivity index (χ1v) is 6.70. The van der Waals surface area contributed by atoms with E-state index in [0.717, 1.165) is 24.2 Å². The first kappa shape index (κ1) is 12.2. The van der Waals surface area contributed by atoms with Crippen molar-refractivity contribution >= 4 is 11.6 Å². The van der Waals surface area contributed by atoms with Crippen LogP contribution in [0.2, 0.25) is 0 Å². The van der Waals surface area contributed by atoms with Crippen molar-refractivity contribution in [3.05, 3.63) is 18.2 Å². The molecule has 0 saturated heterocycles. The minimum Gasteiger partial charge on any atom is -0.384 e. The summed E-state index contributed by atoms with van der Waals surface area (Å²) < 4.78 is 0. The molecule has 0 atom stereocenters. The van der Waals surface area contributed by atoms with E-state index in [1.807, 2.05) is 18.2 Å². The summed E-state index contributed by atoms with van der Waals surface area (Å²) in [5.74, 6) is 3.32. The van der Waals surface area contributed by atoms with E-state index < -0.39 is 0 Å². The number of nitrogen functional groups attached to an aromatic ring is 1. The first-order chi connectivity index (χ1) is 8.24. The van der Waals surface area contributed by atoms with Gasteiger partial charge in [-0.15, -0.1) is 0 Å². The van der Waals surface area contributed by atoms with Crippen molar-refractivity contribution in [2.75, 3.05) is 17.6 Å². The predicted molar refractivity (Wildman–Crippen MR) is 72.9 cm³/mol. The molecule has 3 heteroatoms. The molecule has 1 aromatic heterocycles. The molecule has 0 bridgehead atoms. The number of hydrogen-bond donors (Lipinski definition) is 2. The van der Waals surface area contributed by atoms with E-state index >= 15 is 0 Å². The highest BCUT2D eigenvalue weighted by Crippen LogP contribution is 2.30. The Balaban J connectivity index is 1.69. The van der Waals surface area contributed by atoms with Crippen molar-refractivity contribution in [3.63, 3.8) is 0 Å². The van der Waals surface area contributed by atoms with E-state index in [4.69, 9.17) is 5.73 Å². The Morgan fingerprint density at radius 3 is 2.76 bits per heavy atom. The minimum atomic E-state index is 0.585. The summed E-state index contributed by atoms with van der Waals surface area (Å²) in [7, 11) is 0. The van der Waals surface area contributed by atoms with Crippen LogP contribution in [-0.2, 0) is 0 Å². The summed E-state index contributed by atoms with van der Waals surface area (Å²) in [6.45, 7) is 3.38. The average Bonchev–Trinajstić information content (AvgIpc) is 2.32. The third-order valence-electron chi connectivity index (χ3n) is 3.76. The summed E-state index contributed by atoms with van der Waals surface area (Å²) in [6, 6.07) is 5.72. The Morgan fingerprint density at radius 2 is 2.06 bits per heavy atom. The summed E-state index contributed by atoms with van der Waals surface area (Å²) in [6.07, 6.45) is 6.85. The summed E-state index contributed by atoms with van der Waals surface area (Å²) in [5.41, 5.74) is 5.64. The molecule has 1 aromatic rings. The summed E-state index contributed by atoms with van der Waals surface area (Å²) in [4.78, 5) is 4.23. The molecule has 3 nitrogen and oxygen atoms in total. The zero-order valence-corrected chi connectivity index (χ0v) is 10.7. The molecule has 2 rings (SSSR count). The minimum absolute atomic E-state index is 0.585. The van der Waals surface area contributed by atoms with Crippen LogP contribution in [0, 0.1) is 11.8 Å². The van der Waals surface area contributed by atoms with Crippen LogP contribution in [0.15, 0.2) is 18.2 Å². The predicted octanol–water partition coefficient (Wildman–Crippen LogP) is 3.29. The Kier molecular flexibility index (Phi) is 4.24. The van der Waals surface area contributed by atoms with Crippen LogP contribution in [0.4, 0.5) is 11.6 Å². The van der Waals surface area contributed by atoms with Crippen molar-refractivity contribution in [2.24, 2.45) is 11.8 Å². The van der Waals surface area contributed by atoms with E-state index in [2.05, 4.69) is 17.2 Å². The molecule has 3 N–H and O–H groups in total. The fourth-order valence-corrected chi connectivity index (χ4v) is 2.57. The lowest BCUT2D eigenvalue weighted by molar-refractivity contribution is 0.282. The molecular formula is C14H23N3. The standard InChI is InChI=1S/C14H23N3/c1-11-5-7-12(8-6-11)9-10-16-14-4-2-3-13(15)17-14/h2-4,11-12H,5-10H2,1H3,(H3,15,16,17). The lowest BCUT2D eigenvalue weighted by Gasteiger charge is -2.26. The van der Waals surface area contributed by atoms with Crippen LogP contribution in [0.5, 0.6) is 0 Å². The molecule has 1 fully saturated rings. The normalized spacial score (nSPS) is 24.5. The molecule has 0 spiro atoms. The summed E-state index contributed by atoms with van der Waals surface area (Å²) in [5, 5.41) is 3.35. The van der Waals surface area contributed by atoms with Crippen LogP contribution >= 0.6 is 0 Å². The second-order valence-corrected chi connectivity index (χ2v) is 5.29. The van der Waals surface area contributed by atoms with Crippen LogP contribution in [0.1, 0.15) is 39.0 Å². The van der Waals surface area contributed by atoms with Gasteiger partial charge in [-0.1, -0.05) is 38.7 Å². The number of nitrogens with zero attached hydrogens (tertiary/aromatic N) is 1. The summed E-state index contributed by atoms with van der Waals surface area (Å²) >= 11 is 0. The largest absolute Gasteiger partial charge is 0.384 e. The van der Waals surface area contributed by atoms with E-state index in [-0.39, 0.29) is 0 Å². The Bertz CT molecular complexity index is 343. The molecule has 94 valence electrons. The number of rotatable bonds is 4. The van der Waals surface area contributed by atoms with Gasteiger partial charge in [0.1, 0.15) is 11.6 Å². The van der Waals surface area contributed by atoms with Gasteiger partial charge in [0.05, 0.1) is 0 Å². The monoisotopic (exact) mass is 233 g/mol. The van der Waals surface area contributed by atoms with Crippen molar-refractivity contribution < 1.29 is 0 Å². The highest BCUT2D eigenvalue weighted by Gasteiger charge is 2.17. The highest BCUT2D eigenvalue weighted by molar-refractivity contribution is 5.41. The number of nitrogens with one attached hydrogen (secondary N) is 1. The Labute approximate surface area is 104 Å². The van der Waals surface area contributed by atoms with Gasteiger partial charge in [-0.25, -0.2) is 4.98 Å². The number of aromatic nitrogens is 1. The van der Waals surface area contributed by atoms with E-state index in [1.165, 1.54) is 32.1 Å². The second-order valence-electron chi connectivity index (χ2n) is 5.29. The van der Waals surface area contributed by atoms with Gasteiger partial charge in [-0.2, -0.15) is 0 Å². The molecular weight excluding hydrogens is 210 g/mol. The topological polar surface area (TPSA) is 50.9 Å². The Hall–Kier alpha value is -1.25. The van der Waals surface area contributed by atoms with Gasteiger partial charge >= 0.3 is 0 Å². The second kappa shape index (κ2) is 5.89. The molecule has 1 heterocycles. The number of pyridine rings is 1. The van der Waals surface area contributed by atoms with Crippen molar-refractivity contribution in [3.8, 4) is 0 Å². The third kappa shape index (κ3) is 3.91. The number of hydrogen-bond acceptors (Lipinski definition) is 3. The maximum atomic E-state index is 5.64. The van der Waals surface area contributed by atoms with Gasteiger partial charge in [0.25, 0.3) is 0 Å². The molecule has 0 amide bonds. The van der Waals surface area contributed by atoms with Crippen LogP contribution in [0.3, 0.4) is 0 Å². The third-order valence-corrected chi connectivity index (χ3v) is 3.76. The zero-order valence-electron chi connectivity index (χ0n) is 10.7. The van der Waals surface area contributed by atoms with Crippen molar-refractivity contribution in [1.82, 2.24) is 4.98 Å². The van der Waals surface area contributed by atoms with Crippen molar-refractivity contribution in [2.45, 2.75) is 39.0 Å². The lowest BCUT2D eigenvalue weighted by atomic mass is 9.81. The molecule has 0 aromatic carbocycles. The zero-order chi connectivity index (χ0) is 12.1. The van der Waals surface area contributed by atoms with Crippen LogP contribution in [-0.4, -0.2) is 11.5 Å². The Morgan fingerprint density at radius 1 is 1.29 bits per heavy atom. The molecule has 1 aliphatic rings. The van der Waals surface area contributed by atoms with Gasteiger partial charge < -0.3 is 11.1 Å². The van der Waals surface area contributed by atoms with Crippen LogP contribution in [0.25, 0.3) is 0 Å². The van der Waals surface area contributed by atoms with E-state index in [0.29, 0.717) is 5.82 Å². The van der Waals surface area contributed by atoms with Gasteiger partial charge in [-0.3, -0.25) is 0 Å². The molecule has 0 aliphatic heterocycles. The fourth-order valence-electron chi connectivity index (χ4n) is 2.57. The quantitative estimate of drug-likeness (QED) is 0.839. The van der Waals surface area contributed by atoms with Crippen molar-refractivity contribution in [1.29, 1.82) is 0 Å². The number of anilines is 2. The molecule has 0 radical (unpaired) electrons. The van der Waals surface area contributed by atoms with Gasteiger partial charge in [0.15, 0.2) is 0 Å². The molecule has 17 heavy (non-hydrogen) atoms. The lowest BCUT2D eigenvalue weighted by Crippen LogP contribution is -2.16. The SMILES string of the molecule is CC1CCC(CCNc2cccc(N)n2)CC1. The van der Waals surface area contributed by atoms with Crippen LogP contribution < -0.4 is 11.1 Å². The smallest absolute Gasteiger partial charge is 0.128 e.